The summed E-state index contributed by atoms with van der Waals surface area (Å²) in [6, 6.07) is 2.79. The number of hydrogen-bond acceptors (Lipinski definition) is 1. The van der Waals surface area contributed by atoms with Crippen molar-refractivity contribution in [2.45, 2.75) is 6.92 Å². The molecule has 1 aromatic carbocycles. The molecule has 1 nitrogen and oxygen atoms in total. The first-order chi connectivity index (χ1) is 7.02. The van der Waals surface area contributed by atoms with Gasteiger partial charge in [-0.25, -0.2) is 9.37 Å². The largest absolute Gasteiger partial charge is 0.234 e. The first kappa shape index (κ1) is 10.9. The highest BCUT2D eigenvalue weighted by Gasteiger charge is 2.13. The Balaban J connectivity index is 2.98. The summed E-state index contributed by atoms with van der Waals surface area (Å²) in [6.45, 7) is 1.74. The van der Waals surface area contributed by atoms with Gasteiger partial charge in [-0.15, -0.1) is 0 Å². The Bertz CT molecular complexity index is 554. The third kappa shape index (κ3) is 1.67. The maximum Gasteiger partial charge on any atom is 0.144 e. The monoisotopic (exact) mass is 263 g/mol. The van der Waals surface area contributed by atoms with E-state index in [1.807, 2.05) is 0 Å². The van der Waals surface area contributed by atoms with Gasteiger partial charge in [0.25, 0.3) is 0 Å². The molecular weight excluding hydrogens is 259 g/mol. The van der Waals surface area contributed by atoms with Gasteiger partial charge in [-0.3, -0.25) is 0 Å². The molecule has 0 bridgehead atoms. The van der Waals surface area contributed by atoms with Crippen LogP contribution in [0, 0.1) is 12.7 Å². The average Bonchev–Trinajstić information content (AvgIpc) is 2.21. The van der Waals surface area contributed by atoms with Crippen LogP contribution in [0.4, 0.5) is 4.39 Å². The zero-order valence-corrected chi connectivity index (χ0v) is 9.88. The predicted molar refractivity (Wildman–Crippen MR) is 61.5 cm³/mol. The number of benzene rings is 1. The third-order valence-electron chi connectivity index (χ3n) is 2.15. The lowest BCUT2D eigenvalue weighted by Gasteiger charge is -2.07. The third-order valence-corrected chi connectivity index (χ3v) is 3.37. The van der Waals surface area contributed by atoms with Crippen molar-refractivity contribution < 1.29 is 4.39 Å². The summed E-state index contributed by atoms with van der Waals surface area (Å²) in [7, 11) is 0. The van der Waals surface area contributed by atoms with Crippen molar-refractivity contribution >= 4 is 45.7 Å². The van der Waals surface area contributed by atoms with E-state index in [9.17, 15) is 4.39 Å². The molecule has 0 saturated carbocycles. The highest BCUT2D eigenvalue weighted by Crippen LogP contribution is 2.34. The van der Waals surface area contributed by atoms with Gasteiger partial charge < -0.3 is 0 Å². The number of rotatable bonds is 0. The van der Waals surface area contributed by atoms with Gasteiger partial charge in [0.2, 0.25) is 0 Å². The molecule has 0 N–H and O–H groups in total. The van der Waals surface area contributed by atoms with E-state index >= 15 is 0 Å². The van der Waals surface area contributed by atoms with Gasteiger partial charge in [0.05, 0.1) is 10.5 Å². The molecule has 5 heteroatoms. The first-order valence-corrected chi connectivity index (χ1v) is 5.25. The van der Waals surface area contributed by atoms with Crippen molar-refractivity contribution in [2.75, 3.05) is 0 Å². The van der Waals surface area contributed by atoms with Crippen LogP contribution in [0.5, 0.6) is 0 Å². The van der Waals surface area contributed by atoms with Crippen LogP contribution in [-0.2, 0) is 0 Å². The van der Waals surface area contributed by atoms with Gasteiger partial charge in [-0.2, -0.15) is 0 Å². The van der Waals surface area contributed by atoms with E-state index in [1.54, 1.807) is 6.92 Å². The van der Waals surface area contributed by atoms with Crippen LogP contribution < -0.4 is 0 Å². The fourth-order valence-corrected chi connectivity index (χ4v) is 1.98. The lowest BCUT2D eigenvalue weighted by molar-refractivity contribution is 0.630. The van der Waals surface area contributed by atoms with Gasteiger partial charge in [0, 0.05) is 10.9 Å². The minimum atomic E-state index is -0.535. The summed E-state index contributed by atoms with van der Waals surface area (Å²) in [6.07, 6.45) is 0. The van der Waals surface area contributed by atoms with E-state index in [1.165, 1.54) is 12.1 Å². The first-order valence-electron chi connectivity index (χ1n) is 4.11. The zero-order chi connectivity index (χ0) is 11.2. The van der Waals surface area contributed by atoms with Crippen molar-refractivity contribution in [1.29, 1.82) is 0 Å². The summed E-state index contributed by atoms with van der Waals surface area (Å²) < 4.78 is 13.2. The lowest BCUT2D eigenvalue weighted by Crippen LogP contribution is -1.90. The molecule has 0 aliphatic heterocycles. The second-order valence-electron chi connectivity index (χ2n) is 3.10. The molecule has 1 heterocycles. The molecule has 0 amide bonds. The number of fused-ring (bicyclic) bond motifs is 1. The molecular formula is C10H5Cl3FN. The van der Waals surface area contributed by atoms with E-state index in [2.05, 4.69) is 4.98 Å². The number of halogens is 4. The van der Waals surface area contributed by atoms with Gasteiger partial charge in [0.15, 0.2) is 0 Å². The normalized spacial score (nSPS) is 11.0. The van der Waals surface area contributed by atoms with Crippen LogP contribution >= 0.6 is 34.8 Å². The van der Waals surface area contributed by atoms with Crippen molar-refractivity contribution in [3.8, 4) is 0 Å². The second kappa shape index (κ2) is 3.78. The van der Waals surface area contributed by atoms with E-state index in [-0.39, 0.29) is 15.7 Å². The summed E-state index contributed by atoms with van der Waals surface area (Å²) in [5, 5.41) is 1.23. The fraction of sp³-hybridized carbons (Fsp3) is 0.100. The molecule has 0 saturated heterocycles. The standard InChI is InChI=1S/C10H5Cl3FN/c1-4-7(11)5-2-3-6(14)8(12)9(5)15-10(4)13/h2-3H,1H3. The molecule has 0 aliphatic carbocycles. The molecule has 15 heavy (non-hydrogen) atoms. The van der Waals surface area contributed by atoms with Crippen LogP contribution in [-0.4, -0.2) is 4.98 Å². The maximum absolute atomic E-state index is 13.2. The molecule has 78 valence electrons. The minimum absolute atomic E-state index is 0.0590. The molecule has 0 spiro atoms. The molecule has 0 aliphatic rings. The number of pyridine rings is 1. The van der Waals surface area contributed by atoms with Crippen molar-refractivity contribution in [2.24, 2.45) is 0 Å². The number of nitrogens with zero attached hydrogens (tertiary/aromatic N) is 1. The summed E-state index contributed by atoms with van der Waals surface area (Å²) in [4.78, 5) is 4.01. The van der Waals surface area contributed by atoms with E-state index in [4.69, 9.17) is 34.8 Å². The topological polar surface area (TPSA) is 12.9 Å². The zero-order valence-electron chi connectivity index (χ0n) is 7.61. The van der Waals surface area contributed by atoms with Crippen LogP contribution in [0.1, 0.15) is 5.56 Å². The molecule has 0 radical (unpaired) electrons. The van der Waals surface area contributed by atoms with Crippen molar-refractivity contribution in [3.63, 3.8) is 0 Å². The minimum Gasteiger partial charge on any atom is -0.234 e. The van der Waals surface area contributed by atoms with Gasteiger partial charge >= 0.3 is 0 Å². The average molecular weight is 265 g/mol. The van der Waals surface area contributed by atoms with Crippen LogP contribution in [0.25, 0.3) is 10.9 Å². The van der Waals surface area contributed by atoms with E-state index in [0.717, 1.165) is 0 Å². The summed E-state index contributed by atoms with van der Waals surface area (Å²) in [5.74, 6) is -0.535. The molecule has 0 atom stereocenters. The van der Waals surface area contributed by atoms with Crippen molar-refractivity contribution in [3.05, 3.63) is 38.7 Å². The Hall–Kier alpha value is -0.570. The molecule has 0 fully saturated rings. The van der Waals surface area contributed by atoms with Crippen molar-refractivity contribution in [1.82, 2.24) is 4.98 Å². The van der Waals surface area contributed by atoms with Gasteiger partial charge in [0.1, 0.15) is 16.0 Å². The Kier molecular flexibility index (Phi) is 2.75. The smallest absolute Gasteiger partial charge is 0.144 e. The lowest BCUT2D eigenvalue weighted by atomic mass is 10.1. The molecule has 0 unspecified atom stereocenters. The van der Waals surface area contributed by atoms with Gasteiger partial charge in [-0.05, 0) is 19.1 Å². The fourth-order valence-electron chi connectivity index (χ4n) is 1.30. The van der Waals surface area contributed by atoms with Gasteiger partial charge in [-0.1, -0.05) is 34.8 Å². The number of hydrogen-bond donors (Lipinski definition) is 0. The van der Waals surface area contributed by atoms with E-state index < -0.39 is 5.82 Å². The quantitative estimate of drug-likeness (QED) is 0.632. The second-order valence-corrected chi connectivity index (χ2v) is 4.21. The highest BCUT2D eigenvalue weighted by molar-refractivity contribution is 6.41. The SMILES string of the molecule is Cc1c(Cl)nc2c(Cl)c(F)ccc2c1Cl. The molecule has 1 aromatic heterocycles. The number of aromatic nitrogens is 1. The van der Waals surface area contributed by atoms with E-state index in [0.29, 0.717) is 16.0 Å². The van der Waals surface area contributed by atoms with Crippen LogP contribution in [0.2, 0.25) is 15.2 Å². The van der Waals surface area contributed by atoms with Crippen LogP contribution in [0.15, 0.2) is 12.1 Å². The Labute approximate surface area is 101 Å². The summed E-state index contributed by atoms with van der Waals surface area (Å²) in [5.41, 5.74) is 0.950. The predicted octanol–water partition coefficient (Wildman–Crippen LogP) is 4.64. The highest BCUT2D eigenvalue weighted by atomic mass is 35.5. The maximum atomic E-state index is 13.2. The Morgan fingerprint density at radius 1 is 1.13 bits per heavy atom. The summed E-state index contributed by atoms with van der Waals surface area (Å²) >= 11 is 17.7. The molecule has 2 rings (SSSR count). The van der Waals surface area contributed by atoms with Crippen LogP contribution in [0.3, 0.4) is 0 Å². The molecule has 2 aromatic rings. The Morgan fingerprint density at radius 2 is 1.80 bits per heavy atom. The Morgan fingerprint density at radius 3 is 2.47 bits per heavy atom.